The van der Waals surface area contributed by atoms with Gasteiger partial charge in [0.15, 0.2) is 0 Å². The molecule has 288 valence electrons. The molecule has 3 atom stereocenters. The molecule has 1 saturated carbocycles. The number of fused-ring (bicyclic) bond motifs is 5. The molecule has 1 unspecified atom stereocenters. The summed E-state index contributed by atoms with van der Waals surface area (Å²) in [7, 11) is 1.29. The van der Waals surface area contributed by atoms with Gasteiger partial charge in [0.25, 0.3) is 0 Å². The summed E-state index contributed by atoms with van der Waals surface area (Å²) in [5, 5.41) is 12.1. The van der Waals surface area contributed by atoms with Crippen LogP contribution in [0.5, 0.6) is 0 Å². The van der Waals surface area contributed by atoms with Gasteiger partial charge >= 0.3 is 7.12 Å². The number of anilines is 1. The van der Waals surface area contributed by atoms with E-state index in [2.05, 4.69) is 94.0 Å². The Morgan fingerprint density at radius 2 is 1.70 bits per heavy atom. The maximum absolute atomic E-state index is 11.0. The molecule has 4 fully saturated rings. The van der Waals surface area contributed by atoms with Crippen LogP contribution in [0.25, 0.3) is 22.2 Å². The molecule has 3 aromatic rings. The smallest absolute Gasteiger partial charge is 0.399 e. The number of piperazine rings is 1. The Balaban J connectivity index is 1.26. The fourth-order valence-corrected chi connectivity index (χ4v) is 9.28. The molecule has 3 aliphatic heterocycles. The number of nitrogens with zero attached hydrogens (tertiary/aromatic N) is 4. The second-order valence-corrected chi connectivity index (χ2v) is 18.5. The van der Waals surface area contributed by atoms with Crippen LogP contribution >= 0.6 is 0 Å². The van der Waals surface area contributed by atoms with Crippen molar-refractivity contribution < 1.29 is 28.6 Å². The Morgan fingerprint density at radius 1 is 0.981 bits per heavy atom. The van der Waals surface area contributed by atoms with Crippen molar-refractivity contribution in [2.45, 2.75) is 129 Å². The summed E-state index contributed by atoms with van der Waals surface area (Å²) in [6.45, 7) is 23.1. The Bertz CT molecular complexity index is 1810. The molecule has 0 amide bonds. The predicted octanol–water partition coefficient (Wildman–Crippen LogP) is 6.06. The molecule has 0 spiro atoms. The normalized spacial score (nSPS) is 26.9. The quantitative estimate of drug-likeness (QED) is 0.250. The van der Waals surface area contributed by atoms with Gasteiger partial charge in [-0.2, -0.15) is 0 Å². The maximum atomic E-state index is 11.0. The number of methoxy groups -OCH3 is 1. The van der Waals surface area contributed by atoms with Crippen LogP contribution < -0.4 is 10.4 Å². The van der Waals surface area contributed by atoms with Gasteiger partial charge in [-0.1, -0.05) is 26.0 Å². The molecule has 1 aromatic carbocycles. The van der Waals surface area contributed by atoms with Crippen molar-refractivity contribution in [2.24, 2.45) is 5.41 Å². The minimum atomic E-state index is -0.518. The van der Waals surface area contributed by atoms with Crippen LogP contribution in [0.2, 0.25) is 0 Å². The highest BCUT2D eigenvalue weighted by Crippen LogP contribution is 2.57. The fourth-order valence-electron chi connectivity index (χ4n) is 9.28. The Hall–Kier alpha value is -2.51. The minimum absolute atomic E-state index is 0.00188. The predicted molar refractivity (Wildman–Crippen MR) is 210 cm³/mol. The lowest BCUT2D eigenvalue weighted by Gasteiger charge is -2.42. The van der Waals surface area contributed by atoms with Crippen molar-refractivity contribution in [3.05, 3.63) is 41.7 Å². The van der Waals surface area contributed by atoms with Gasteiger partial charge in [-0.15, -0.1) is 0 Å². The summed E-state index contributed by atoms with van der Waals surface area (Å²) >= 11 is 0. The van der Waals surface area contributed by atoms with Crippen molar-refractivity contribution in [2.75, 3.05) is 58.0 Å². The van der Waals surface area contributed by atoms with Crippen molar-refractivity contribution in [1.29, 1.82) is 0 Å². The third-order valence-corrected chi connectivity index (χ3v) is 13.3. The van der Waals surface area contributed by atoms with Crippen LogP contribution in [-0.2, 0) is 30.1 Å². The van der Waals surface area contributed by atoms with Gasteiger partial charge in [0, 0.05) is 87.9 Å². The number of ether oxygens (including phenoxy) is 3. The number of pyridine rings is 1. The molecular formula is C42H61BN4O6. The monoisotopic (exact) mass is 728 g/mol. The van der Waals surface area contributed by atoms with E-state index in [4.69, 9.17) is 28.5 Å². The zero-order valence-corrected chi connectivity index (χ0v) is 33.5. The standard InChI is InChI=1S/C42H61BN4O6/c1-39(2,26-48)35-34-31-22-27(43-52-41(5,6)42(7,8)53-43)10-13-33(31)47(19-21-50-30-14-20-51-40(3,4)24-30)37(34)32-23-29(25-44-36(32)38(35)49-9)46-17-15-45(16-18-46)28-11-12-28/h10,13,22-23,25,28,30,35,38,48H,11-12,14-21,24,26H2,1-9H3/t30-,35?,38-/m0/s1. The first-order valence-electron chi connectivity index (χ1n) is 20.0. The van der Waals surface area contributed by atoms with Crippen molar-refractivity contribution in [3.63, 3.8) is 0 Å². The van der Waals surface area contributed by atoms with Gasteiger partial charge in [0.05, 0.1) is 52.8 Å². The summed E-state index contributed by atoms with van der Waals surface area (Å²) in [5.41, 5.74) is 5.98. The van der Waals surface area contributed by atoms with Gasteiger partial charge in [-0.3, -0.25) is 9.88 Å². The van der Waals surface area contributed by atoms with E-state index in [1.807, 2.05) is 6.20 Å². The molecule has 5 heterocycles. The molecule has 53 heavy (non-hydrogen) atoms. The largest absolute Gasteiger partial charge is 0.494 e. The summed E-state index contributed by atoms with van der Waals surface area (Å²) in [5.74, 6) is -0.171. The van der Waals surface area contributed by atoms with Gasteiger partial charge < -0.3 is 38.1 Å². The number of aliphatic hydroxyl groups excluding tert-OH is 1. The topological polar surface area (TPSA) is 90.7 Å². The van der Waals surface area contributed by atoms with Crippen LogP contribution in [0.15, 0.2) is 30.5 Å². The van der Waals surface area contributed by atoms with E-state index in [0.717, 1.165) is 84.1 Å². The first-order valence-corrected chi connectivity index (χ1v) is 20.0. The minimum Gasteiger partial charge on any atom is -0.399 e. The van der Waals surface area contributed by atoms with Crippen LogP contribution in [0.4, 0.5) is 5.69 Å². The summed E-state index contributed by atoms with van der Waals surface area (Å²) in [4.78, 5) is 10.4. The van der Waals surface area contributed by atoms with E-state index in [1.165, 1.54) is 18.4 Å². The van der Waals surface area contributed by atoms with Crippen LogP contribution in [0.1, 0.15) is 104 Å². The number of rotatable bonds is 10. The van der Waals surface area contributed by atoms with Crippen molar-refractivity contribution in [1.82, 2.24) is 14.5 Å². The molecule has 3 saturated heterocycles. The number of benzene rings is 1. The first kappa shape index (κ1) is 37.4. The van der Waals surface area contributed by atoms with Gasteiger partial charge in [0.1, 0.15) is 6.10 Å². The Kier molecular flexibility index (Phi) is 9.61. The second kappa shape index (κ2) is 13.6. The van der Waals surface area contributed by atoms with E-state index in [1.54, 1.807) is 7.11 Å². The summed E-state index contributed by atoms with van der Waals surface area (Å²) in [6.07, 6.45) is 6.30. The van der Waals surface area contributed by atoms with Crippen LogP contribution in [0, 0.1) is 5.41 Å². The average Bonchev–Trinajstić information content (AvgIpc) is 3.88. The lowest BCUT2D eigenvalue weighted by molar-refractivity contribution is -0.116. The molecule has 1 N–H and O–H groups in total. The van der Waals surface area contributed by atoms with Crippen LogP contribution in [-0.4, -0.2) is 109 Å². The molecule has 2 aromatic heterocycles. The molecule has 5 aliphatic rings. The highest BCUT2D eigenvalue weighted by molar-refractivity contribution is 6.62. The third kappa shape index (κ3) is 6.76. The first-order chi connectivity index (χ1) is 25.1. The highest BCUT2D eigenvalue weighted by atomic mass is 16.7. The van der Waals surface area contributed by atoms with Crippen molar-refractivity contribution >= 4 is 29.2 Å². The molecule has 11 heteroatoms. The molecule has 0 radical (unpaired) electrons. The molecule has 8 rings (SSSR count). The zero-order valence-electron chi connectivity index (χ0n) is 33.5. The second-order valence-electron chi connectivity index (χ2n) is 18.5. The number of aromatic nitrogens is 2. The molecule has 0 bridgehead atoms. The summed E-state index contributed by atoms with van der Waals surface area (Å²) < 4.78 is 34.7. The average molecular weight is 729 g/mol. The van der Waals surface area contributed by atoms with E-state index in [9.17, 15) is 5.11 Å². The maximum Gasteiger partial charge on any atom is 0.494 e. The fraction of sp³-hybridized carbons (Fsp3) is 0.690. The third-order valence-electron chi connectivity index (χ3n) is 13.3. The molecule has 2 aliphatic carbocycles. The van der Waals surface area contributed by atoms with E-state index >= 15 is 0 Å². The lowest BCUT2D eigenvalue weighted by atomic mass is 9.67. The van der Waals surface area contributed by atoms with E-state index in [0.29, 0.717) is 19.8 Å². The SMILES string of the molecule is CO[C@@H]1c2ncc(N3CCN(C4CC4)CC3)cc2-c2c(c3cc(B4OC(C)(C)C(C)(C)O4)ccc3n2CCO[C@H]2CCOC(C)(C)C2)C1C(C)(C)CO. The number of aliphatic hydroxyl groups is 1. The highest BCUT2D eigenvalue weighted by Gasteiger charge is 2.52. The Morgan fingerprint density at radius 3 is 2.34 bits per heavy atom. The van der Waals surface area contributed by atoms with E-state index < -0.39 is 23.7 Å². The van der Waals surface area contributed by atoms with Gasteiger partial charge in [0.2, 0.25) is 0 Å². The molecule has 10 nitrogen and oxygen atoms in total. The van der Waals surface area contributed by atoms with Crippen molar-refractivity contribution in [3.8, 4) is 11.3 Å². The molecular weight excluding hydrogens is 667 g/mol. The van der Waals surface area contributed by atoms with E-state index in [-0.39, 0.29) is 30.3 Å². The zero-order chi connectivity index (χ0) is 37.5. The lowest BCUT2D eigenvalue weighted by Crippen LogP contribution is -2.47. The number of hydrogen-bond acceptors (Lipinski definition) is 9. The van der Waals surface area contributed by atoms with Crippen LogP contribution in [0.3, 0.4) is 0 Å². The number of hydrogen-bond donors (Lipinski definition) is 1. The van der Waals surface area contributed by atoms with Gasteiger partial charge in [-0.05, 0) is 89.4 Å². The van der Waals surface area contributed by atoms with Gasteiger partial charge in [-0.25, -0.2) is 0 Å². The Labute approximate surface area is 316 Å². The summed E-state index contributed by atoms with van der Waals surface area (Å²) in [6, 6.07) is 9.78.